The molecule has 20 heavy (non-hydrogen) atoms. The van der Waals surface area contributed by atoms with E-state index < -0.39 is 17.9 Å². The van der Waals surface area contributed by atoms with E-state index in [1.165, 1.54) is 6.92 Å². The van der Waals surface area contributed by atoms with E-state index in [1.54, 1.807) is 4.90 Å². The zero-order chi connectivity index (χ0) is 14.7. The van der Waals surface area contributed by atoms with Gasteiger partial charge in [0.2, 0.25) is 11.8 Å². The SMILES string of the molecule is CC(=O)N1CCC(C(=O)NC2COCC2C(=O)O)CC1. The van der Waals surface area contributed by atoms with Crippen molar-refractivity contribution in [3.63, 3.8) is 0 Å². The quantitative estimate of drug-likeness (QED) is 0.725. The molecule has 0 aromatic rings. The Morgan fingerprint density at radius 3 is 2.40 bits per heavy atom. The molecule has 0 aromatic carbocycles. The van der Waals surface area contributed by atoms with E-state index in [4.69, 9.17) is 9.84 Å². The maximum atomic E-state index is 12.1. The van der Waals surface area contributed by atoms with Crippen molar-refractivity contribution in [1.29, 1.82) is 0 Å². The number of nitrogens with zero attached hydrogens (tertiary/aromatic N) is 1. The number of carboxylic acids is 1. The van der Waals surface area contributed by atoms with E-state index in [0.29, 0.717) is 25.9 Å². The van der Waals surface area contributed by atoms with Crippen LogP contribution in [0.1, 0.15) is 19.8 Å². The van der Waals surface area contributed by atoms with Gasteiger partial charge in [-0.15, -0.1) is 0 Å². The number of amides is 2. The first-order chi connectivity index (χ1) is 9.49. The summed E-state index contributed by atoms with van der Waals surface area (Å²) in [7, 11) is 0. The summed E-state index contributed by atoms with van der Waals surface area (Å²) in [5.41, 5.74) is 0. The molecule has 0 aromatic heterocycles. The highest BCUT2D eigenvalue weighted by molar-refractivity contribution is 5.81. The van der Waals surface area contributed by atoms with E-state index in [-0.39, 0.29) is 30.9 Å². The first-order valence-electron chi connectivity index (χ1n) is 6.85. The molecule has 2 rings (SSSR count). The average molecular weight is 284 g/mol. The molecule has 2 aliphatic rings. The van der Waals surface area contributed by atoms with Gasteiger partial charge in [-0.3, -0.25) is 14.4 Å². The Kier molecular flexibility index (Phi) is 4.59. The Bertz CT molecular complexity index is 404. The summed E-state index contributed by atoms with van der Waals surface area (Å²) >= 11 is 0. The highest BCUT2D eigenvalue weighted by Gasteiger charge is 2.36. The topological polar surface area (TPSA) is 95.9 Å². The van der Waals surface area contributed by atoms with Crippen molar-refractivity contribution in [2.75, 3.05) is 26.3 Å². The molecule has 0 aliphatic carbocycles. The fourth-order valence-electron chi connectivity index (χ4n) is 2.70. The third kappa shape index (κ3) is 3.27. The molecule has 2 heterocycles. The predicted octanol–water partition coefficient (Wildman–Crippen LogP) is -0.539. The highest BCUT2D eigenvalue weighted by atomic mass is 16.5. The van der Waals surface area contributed by atoms with Gasteiger partial charge in [-0.25, -0.2) is 0 Å². The molecule has 2 fully saturated rings. The third-order valence-corrected chi connectivity index (χ3v) is 4.04. The number of carbonyl (C=O) groups is 3. The van der Waals surface area contributed by atoms with Gasteiger partial charge >= 0.3 is 5.97 Å². The lowest BCUT2D eigenvalue weighted by molar-refractivity contribution is -0.142. The molecule has 112 valence electrons. The standard InChI is InChI=1S/C13H20N2O5/c1-8(16)15-4-2-9(3-5-15)12(17)14-11-7-20-6-10(11)13(18)19/h9-11H,2-7H2,1H3,(H,14,17)(H,18,19). The fraction of sp³-hybridized carbons (Fsp3) is 0.769. The Hall–Kier alpha value is -1.63. The Morgan fingerprint density at radius 1 is 1.20 bits per heavy atom. The number of rotatable bonds is 3. The van der Waals surface area contributed by atoms with E-state index in [2.05, 4.69) is 5.32 Å². The number of ether oxygens (including phenoxy) is 1. The zero-order valence-electron chi connectivity index (χ0n) is 11.5. The zero-order valence-corrected chi connectivity index (χ0v) is 11.5. The van der Waals surface area contributed by atoms with E-state index >= 15 is 0 Å². The Morgan fingerprint density at radius 2 is 1.85 bits per heavy atom. The lowest BCUT2D eigenvalue weighted by Gasteiger charge is -2.31. The number of carbonyl (C=O) groups excluding carboxylic acids is 2. The number of hydrogen-bond donors (Lipinski definition) is 2. The van der Waals surface area contributed by atoms with Crippen LogP contribution in [0.25, 0.3) is 0 Å². The smallest absolute Gasteiger partial charge is 0.311 e. The van der Waals surface area contributed by atoms with Crippen LogP contribution in [0.4, 0.5) is 0 Å². The van der Waals surface area contributed by atoms with E-state index in [1.807, 2.05) is 0 Å². The lowest BCUT2D eigenvalue weighted by Crippen LogP contribution is -2.48. The molecule has 2 unspecified atom stereocenters. The molecule has 2 saturated heterocycles. The number of carboxylic acid groups (broad SMARTS) is 1. The average Bonchev–Trinajstić information content (AvgIpc) is 2.87. The summed E-state index contributed by atoms with van der Waals surface area (Å²) in [5.74, 6) is -1.87. The summed E-state index contributed by atoms with van der Waals surface area (Å²) in [6.45, 7) is 3.07. The van der Waals surface area contributed by atoms with Crippen molar-refractivity contribution in [3.05, 3.63) is 0 Å². The molecule has 0 spiro atoms. The first-order valence-corrected chi connectivity index (χ1v) is 6.85. The van der Waals surface area contributed by atoms with E-state index in [0.717, 1.165) is 0 Å². The lowest BCUT2D eigenvalue weighted by atomic mass is 9.94. The summed E-state index contributed by atoms with van der Waals surface area (Å²) in [4.78, 5) is 36.1. The van der Waals surface area contributed by atoms with Gasteiger partial charge in [0.25, 0.3) is 0 Å². The van der Waals surface area contributed by atoms with Crippen molar-refractivity contribution < 1.29 is 24.2 Å². The van der Waals surface area contributed by atoms with Crippen molar-refractivity contribution in [3.8, 4) is 0 Å². The van der Waals surface area contributed by atoms with Gasteiger partial charge in [-0.2, -0.15) is 0 Å². The monoisotopic (exact) mass is 284 g/mol. The number of piperidine rings is 1. The summed E-state index contributed by atoms with van der Waals surface area (Å²) < 4.78 is 5.12. The summed E-state index contributed by atoms with van der Waals surface area (Å²) in [6, 6.07) is -0.453. The van der Waals surface area contributed by atoms with Gasteiger partial charge < -0.3 is 20.1 Å². The second-order valence-corrected chi connectivity index (χ2v) is 5.38. The van der Waals surface area contributed by atoms with Gasteiger partial charge in [0.05, 0.1) is 19.3 Å². The Labute approximate surface area is 117 Å². The maximum absolute atomic E-state index is 12.1. The molecular formula is C13H20N2O5. The molecule has 7 heteroatoms. The van der Waals surface area contributed by atoms with Crippen LogP contribution in [0.15, 0.2) is 0 Å². The molecule has 2 atom stereocenters. The van der Waals surface area contributed by atoms with Crippen LogP contribution < -0.4 is 5.32 Å². The van der Waals surface area contributed by atoms with Crippen molar-refractivity contribution in [2.45, 2.75) is 25.8 Å². The molecular weight excluding hydrogens is 264 g/mol. The van der Waals surface area contributed by atoms with E-state index in [9.17, 15) is 14.4 Å². The largest absolute Gasteiger partial charge is 0.481 e. The minimum atomic E-state index is -0.945. The van der Waals surface area contributed by atoms with Gasteiger partial charge in [0.1, 0.15) is 5.92 Å². The second kappa shape index (κ2) is 6.21. The number of hydrogen-bond acceptors (Lipinski definition) is 4. The molecule has 0 bridgehead atoms. The van der Waals surface area contributed by atoms with Crippen LogP contribution in [0.3, 0.4) is 0 Å². The predicted molar refractivity (Wildman–Crippen MR) is 68.9 cm³/mol. The molecule has 2 aliphatic heterocycles. The molecule has 7 nitrogen and oxygen atoms in total. The molecule has 2 amide bonds. The number of nitrogens with one attached hydrogen (secondary N) is 1. The van der Waals surface area contributed by atoms with Crippen LogP contribution >= 0.6 is 0 Å². The van der Waals surface area contributed by atoms with Gasteiger partial charge in [-0.1, -0.05) is 0 Å². The molecule has 0 saturated carbocycles. The van der Waals surface area contributed by atoms with Gasteiger partial charge in [-0.05, 0) is 12.8 Å². The van der Waals surface area contributed by atoms with Crippen molar-refractivity contribution in [2.24, 2.45) is 11.8 Å². The minimum absolute atomic E-state index is 0.0268. The third-order valence-electron chi connectivity index (χ3n) is 4.04. The van der Waals surface area contributed by atoms with Crippen LogP contribution in [0.2, 0.25) is 0 Å². The minimum Gasteiger partial charge on any atom is -0.481 e. The fourth-order valence-corrected chi connectivity index (χ4v) is 2.70. The van der Waals surface area contributed by atoms with Crippen molar-refractivity contribution >= 4 is 17.8 Å². The summed E-state index contributed by atoms with van der Waals surface area (Å²) in [5, 5.41) is 11.8. The van der Waals surface area contributed by atoms with Crippen LogP contribution in [-0.4, -0.2) is 60.1 Å². The Balaban J connectivity index is 1.84. The van der Waals surface area contributed by atoms with Crippen LogP contribution in [0.5, 0.6) is 0 Å². The van der Waals surface area contributed by atoms with Crippen LogP contribution in [0, 0.1) is 11.8 Å². The normalized spacial score (nSPS) is 27.4. The maximum Gasteiger partial charge on any atom is 0.311 e. The first kappa shape index (κ1) is 14.8. The molecule has 0 radical (unpaired) electrons. The second-order valence-electron chi connectivity index (χ2n) is 5.38. The highest BCUT2D eigenvalue weighted by Crippen LogP contribution is 2.20. The van der Waals surface area contributed by atoms with Crippen molar-refractivity contribution in [1.82, 2.24) is 10.2 Å². The van der Waals surface area contributed by atoms with Gasteiger partial charge in [0.15, 0.2) is 0 Å². The van der Waals surface area contributed by atoms with Gasteiger partial charge in [0, 0.05) is 25.9 Å². The summed E-state index contributed by atoms with van der Waals surface area (Å²) in [6.07, 6.45) is 1.24. The molecule has 2 N–H and O–H groups in total. The van der Waals surface area contributed by atoms with Crippen LogP contribution in [-0.2, 0) is 19.1 Å². The number of likely N-dealkylation sites (tertiary alicyclic amines) is 1. The number of aliphatic carboxylic acids is 1.